The van der Waals surface area contributed by atoms with Gasteiger partial charge in [-0.05, 0) is 25.5 Å². The molecule has 0 spiro atoms. The van der Waals surface area contributed by atoms with Gasteiger partial charge in [0.25, 0.3) is 0 Å². The van der Waals surface area contributed by atoms with Crippen LogP contribution in [-0.2, 0) is 11.2 Å². The zero-order valence-electron chi connectivity index (χ0n) is 11.8. The Balaban J connectivity index is 0.00000220. The van der Waals surface area contributed by atoms with Gasteiger partial charge in [-0.25, -0.2) is 4.98 Å². The summed E-state index contributed by atoms with van der Waals surface area (Å²) in [6.07, 6.45) is 5.24. The molecule has 3 N–H and O–H groups in total. The van der Waals surface area contributed by atoms with Gasteiger partial charge >= 0.3 is 0 Å². The molecule has 7 heteroatoms. The predicted molar refractivity (Wildman–Crippen MR) is 87.6 cm³/mol. The SMILES string of the molecule is CC(N)C(=O)NCCCc1nc(-c2ccncc2)cs1.Cl. The van der Waals surface area contributed by atoms with Crippen molar-refractivity contribution in [1.29, 1.82) is 0 Å². The van der Waals surface area contributed by atoms with Crippen molar-refractivity contribution in [3.8, 4) is 11.3 Å². The van der Waals surface area contributed by atoms with Crippen LogP contribution < -0.4 is 11.1 Å². The number of hydrogen-bond donors (Lipinski definition) is 2. The third-order valence-corrected chi connectivity index (χ3v) is 3.72. The summed E-state index contributed by atoms with van der Waals surface area (Å²) < 4.78 is 0. The summed E-state index contributed by atoms with van der Waals surface area (Å²) in [6.45, 7) is 2.31. The molecule has 2 aromatic rings. The number of pyridine rings is 1. The first-order chi connectivity index (χ1) is 9.66. The molecule has 0 aliphatic rings. The third kappa shape index (κ3) is 5.41. The number of carbonyl (C=O) groups excluding carboxylic acids is 1. The molecule has 1 unspecified atom stereocenters. The Labute approximate surface area is 134 Å². The van der Waals surface area contributed by atoms with E-state index in [0.29, 0.717) is 6.54 Å². The molecule has 0 aliphatic carbocycles. The van der Waals surface area contributed by atoms with Gasteiger partial charge in [0.05, 0.1) is 16.7 Å². The van der Waals surface area contributed by atoms with Crippen LogP contribution in [0.5, 0.6) is 0 Å². The Bertz CT molecular complexity index is 559. The zero-order valence-corrected chi connectivity index (χ0v) is 13.4. The van der Waals surface area contributed by atoms with E-state index < -0.39 is 6.04 Å². The van der Waals surface area contributed by atoms with Crippen molar-refractivity contribution in [2.24, 2.45) is 5.73 Å². The molecule has 2 heterocycles. The second kappa shape index (κ2) is 8.71. The number of nitrogens with two attached hydrogens (primary N) is 1. The lowest BCUT2D eigenvalue weighted by Crippen LogP contribution is -2.38. The van der Waals surface area contributed by atoms with Gasteiger partial charge in [-0.2, -0.15) is 0 Å². The zero-order chi connectivity index (χ0) is 14.4. The minimum atomic E-state index is -0.451. The monoisotopic (exact) mass is 326 g/mol. The largest absolute Gasteiger partial charge is 0.355 e. The minimum Gasteiger partial charge on any atom is -0.355 e. The van der Waals surface area contributed by atoms with Crippen LogP contribution in [0.15, 0.2) is 29.9 Å². The summed E-state index contributed by atoms with van der Waals surface area (Å²) in [4.78, 5) is 19.9. The smallest absolute Gasteiger partial charge is 0.236 e. The van der Waals surface area contributed by atoms with Gasteiger partial charge in [0.1, 0.15) is 0 Å². The summed E-state index contributed by atoms with van der Waals surface area (Å²) >= 11 is 1.64. The maximum absolute atomic E-state index is 11.3. The van der Waals surface area contributed by atoms with Gasteiger partial charge in [-0.1, -0.05) is 0 Å². The molecule has 0 aliphatic heterocycles. The summed E-state index contributed by atoms with van der Waals surface area (Å²) in [5, 5.41) is 5.92. The first-order valence-corrected chi connectivity index (χ1v) is 7.43. The van der Waals surface area contributed by atoms with Gasteiger partial charge in [0, 0.05) is 36.3 Å². The fourth-order valence-electron chi connectivity index (χ4n) is 1.69. The molecule has 21 heavy (non-hydrogen) atoms. The summed E-state index contributed by atoms with van der Waals surface area (Å²) in [5.41, 5.74) is 7.52. The molecule has 0 fully saturated rings. The second-order valence-electron chi connectivity index (χ2n) is 4.55. The average Bonchev–Trinajstić information content (AvgIpc) is 2.93. The predicted octanol–water partition coefficient (Wildman–Crippen LogP) is 2.02. The summed E-state index contributed by atoms with van der Waals surface area (Å²) in [7, 11) is 0. The number of carbonyl (C=O) groups is 1. The van der Waals surface area contributed by atoms with Gasteiger partial charge in [-0.3, -0.25) is 9.78 Å². The molecule has 0 radical (unpaired) electrons. The Morgan fingerprint density at radius 1 is 1.43 bits per heavy atom. The molecular weight excluding hydrogens is 308 g/mol. The number of aryl methyl sites for hydroxylation is 1. The first kappa shape index (κ1) is 17.6. The van der Waals surface area contributed by atoms with E-state index in [1.807, 2.05) is 17.5 Å². The van der Waals surface area contributed by atoms with Crippen molar-refractivity contribution in [2.45, 2.75) is 25.8 Å². The second-order valence-corrected chi connectivity index (χ2v) is 5.49. The number of thiazole rings is 1. The van der Waals surface area contributed by atoms with E-state index in [1.54, 1.807) is 30.7 Å². The maximum Gasteiger partial charge on any atom is 0.236 e. The van der Waals surface area contributed by atoms with Crippen molar-refractivity contribution >= 4 is 29.7 Å². The Morgan fingerprint density at radius 3 is 2.81 bits per heavy atom. The van der Waals surface area contributed by atoms with Crippen LogP contribution in [0.3, 0.4) is 0 Å². The molecule has 0 bridgehead atoms. The molecule has 0 saturated heterocycles. The highest BCUT2D eigenvalue weighted by atomic mass is 35.5. The maximum atomic E-state index is 11.3. The fourth-order valence-corrected chi connectivity index (χ4v) is 2.54. The van der Waals surface area contributed by atoms with Crippen LogP contribution in [-0.4, -0.2) is 28.5 Å². The van der Waals surface area contributed by atoms with Crippen molar-refractivity contribution in [1.82, 2.24) is 15.3 Å². The number of hydrogen-bond acceptors (Lipinski definition) is 5. The highest BCUT2D eigenvalue weighted by Crippen LogP contribution is 2.21. The quantitative estimate of drug-likeness (QED) is 0.796. The number of nitrogens with one attached hydrogen (secondary N) is 1. The van der Waals surface area contributed by atoms with Gasteiger partial charge in [0.15, 0.2) is 0 Å². The molecular formula is C14H19ClN4OS. The topological polar surface area (TPSA) is 80.9 Å². The fraction of sp³-hybridized carbons (Fsp3) is 0.357. The van der Waals surface area contributed by atoms with Crippen LogP contribution in [0.4, 0.5) is 0 Å². The lowest BCUT2D eigenvalue weighted by Gasteiger charge is -2.06. The Morgan fingerprint density at radius 2 is 2.14 bits per heavy atom. The van der Waals surface area contributed by atoms with E-state index in [0.717, 1.165) is 29.1 Å². The van der Waals surface area contributed by atoms with Crippen molar-refractivity contribution < 1.29 is 4.79 Å². The molecule has 2 rings (SSSR count). The molecule has 2 aromatic heterocycles. The van der Waals surface area contributed by atoms with E-state index in [1.165, 1.54) is 0 Å². The number of halogens is 1. The van der Waals surface area contributed by atoms with Crippen LogP contribution in [0.1, 0.15) is 18.4 Å². The van der Waals surface area contributed by atoms with Crippen molar-refractivity contribution in [2.75, 3.05) is 6.54 Å². The first-order valence-electron chi connectivity index (χ1n) is 6.55. The van der Waals surface area contributed by atoms with Crippen LogP contribution >= 0.6 is 23.7 Å². The van der Waals surface area contributed by atoms with Gasteiger partial charge in [-0.15, -0.1) is 23.7 Å². The molecule has 0 aromatic carbocycles. The average molecular weight is 327 g/mol. The Kier molecular flexibility index (Phi) is 7.28. The van der Waals surface area contributed by atoms with E-state index >= 15 is 0 Å². The van der Waals surface area contributed by atoms with E-state index in [2.05, 4.69) is 15.3 Å². The third-order valence-electron chi connectivity index (χ3n) is 2.81. The normalized spacial score (nSPS) is 11.5. The lowest BCUT2D eigenvalue weighted by molar-refractivity contribution is -0.121. The highest BCUT2D eigenvalue weighted by molar-refractivity contribution is 7.09. The van der Waals surface area contributed by atoms with Crippen LogP contribution in [0, 0.1) is 0 Å². The standard InChI is InChI=1S/C14H18N4OS.ClH/c1-10(15)14(19)17-6-2-3-13-18-12(9-20-13)11-4-7-16-8-5-11;/h4-5,7-10H,2-3,6,15H2,1H3,(H,17,19);1H. The number of rotatable bonds is 6. The van der Waals surface area contributed by atoms with E-state index in [4.69, 9.17) is 5.73 Å². The lowest BCUT2D eigenvalue weighted by atomic mass is 10.2. The molecule has 5 nitrogen and oxygen atoms in total. The summed E-state index contributed by atoms with van der Waals surface area (Å²) in [5.74, 6) is -0.110. The highest BCUT2D eigenvalue weighted by Gasteiger charge is 2.07. The molecule has 1 atom stereocenters. The van der Waals surface area contributed by atoms with Crippen LogP contribution in [0.25, 0.3) is 11.3 Å². The number of nitrogens with zero attached hydrogens (tertiary/aromatic N) is 2. The summed E-state index contributed by atoms with van der Waals surface area (Å²) in [6, 6.07) is 3.44. The molecule has 114 valence electrons. The number of amides is 1. The van der Waals surface area contributed by atoms with Crippen molar-refractivity contribution in [3.05, 3.63) is 34.9 Å². The number of aromatic nitrogens is 2. The van der Waals surface area contributed by atoms with Crippen molar-refractivity contribution in [3.63, 3.8) is 0 Å². The Hall–Kier alpha value is -1.50. The van der Waals surface area contributed by atoms with E-state index in [-0.39, 0.29) is 18.3 Å². The van der Waals surface area contributed by atoms with E-state index in [9.17, 15) is 4.79 Å². The minimum absolute atomic E-state index is 0. The molecule has 0 saturated carbocycles. The van der Waals surface area contributed by atoms with Gasteiger partial charge in [0.2, 0.25) is 5.91 Å². The van der Waals surface area contributed by atoms with Crippen LogP contribution in [0.2, 0.25) is 0 Å². The molecule has 1 amide bonds. The van der Waals surface area contributed by atoms with Gasteiger partial charge < -0.3 is 11.1 Å².